The van der Waals surface area contributed by atoms with E-state index in [-0.39, 0.29) is 0 Å². The maximum Gasteiger partial charge on any atom is 0.132 e. The Hall–Kier alpha value is -0.990. The van der Waals surface area contributed by atoms with Crippen LogP contribution in [-0.4, -0.2) is 0 Å². The Kier molecular flexibility index (Phi) is 2.64. The zero-order chi connectivity index (χ0) is 13.0. The second kappa shape index (κ2) is 4.26. The number of ether oxygens (including phenoxy) is 1. The van der Waals surface area contributed by atoms with Crippen molar-refractivity contribution in [2.75, 3.05) is 0 Å². The molecule has 1 heterocycles. The molecule has 3 unspecified atom stereocenters. The Morgan fingerprint density at radius 2 is 2.05 bits per heavy atom. The summed E-state index contributed by atoms with van der Waals surface area (Å²) in [7, 11) is 0. The third-order valence-corrected chi connectivity index (χ3v) is 5.39. The summed E-state index contributed by atoms with van der Waals surface area (Å²) in [4.78, 5) is 0. The van der Waals surface area contributed by atoms with Gasteiger partial charge in [-0.1, -0.05) is 35.9 Å². The molecule has 0 saturated heterocycles. The SMILES string of the molecule is Clc1cc2c(cc1Br)C1C(=CCC3C=CC=CC31)O2. The van der Waals surface area contributed by atoms with Crippen molar-refractivity contribution in [3.05, 3.63) is 63.3 Å². The minimum absolute atomic E-state index is 0.337. The van der Waals surface area contributed by atoms with E-state index in [9.17, 15) is 0 Å². The largest absolute Gasteiger partial charge is 0.461 e. The van der Waals surface area contributed by atoms with Crippen molar-refractivity contribution in [2.45, 2.75) is 12.3 Å². The Labute approximate surface area is 125 Å². The summed E-state index contributed by atoms with van der Waals surface area (Å²) in [6, 6.07) is 4.02. The molecular weight excluding hydrogens is 324 g/mol. The van der Waals surface area contributed by atoms with Crippen molar-refractivity contribution < 1.29 is 4.74 Å². The molecule has 0 N–H and O–H groups in total. The van der Waals surface area contributed by atoms with Crippen LogP contribution in [-0.2, 0) is 0 Å². The van der Waals surface area contributed by atoms with Gasteiger partial charge in [0.25, 0.3) is 0 Å². The fraction of sp³-hybridized carbons (Fsp3) is 0.250. The zero-order valence-electron chi connectivity index (χ0n) is 10.1. The molecule has 0 amide bonds. The summed E-state index contributed by atoms with van der Waals surface area (Å²) in [5.41, 5.74) is 1.25. The van der Waals surface area contributed by atoms with Gasteiger partial charge in [0.15, 0.2) is 0 Å². The highest BCUT2D eigenvalue weighted by atomic mass is 79.9. The van der Waals surface area contributed by atoms with Gasteiger partial charge in [0, 0.05) is 16.1 Å². The minimum Gasteiger partial charge on any atom is -0.461 e. The van der Waals surface area contributed by atoms with E-state index in [1.165, 1.54) is 5.56 Å². The quantitative estimate of drug-likeness (QED) is 0.631. The van der Waals surface area contributed by atoms with Crippen molar-refractivity contribution in [3.63, 3.8) is 0 Å². The van der Waals surface area contributed by atoms with Crippen LogP contribution >= 0.6 is 27.5 Å². The van der Waals surface area contributed by atoms with E-state index >= 15 is 0 Å². The summed E-state index contributed by atoms with van der Waals surface area (Å²) in [5.74, 6) is 3.42. The fourth-order valence-corrected chi connectivity index (χ4v) is 3.82. The summed E-state index contributed by atoms with van der Waals surface area (Å²) in [5, 5.41) is 0.702. The van der Waals surface area contributed by atoms with E-state index in [2.05, 4.69) is 52.4 Å². The second-order valence-corrected chi connectivity index (χ2v) is 6.50. The van der Waals surface area contributed by atoms with E-state index in [4.69, 9.17) is 16.3 Å². The molecule has 2 aliphatic carbocycles. The van der Waals surface area contributed by atoms with Crippen molar-refractivity contribution in [2.24, 2.45) is 11.8 Å². The van der Waals surface area contributed by atoms with E-state index in [0.29, 0.717) is 22.8 Å². The zero-order valence-corrected chi connectivity index (χ0v) is 12.5. The molecule has 0 radical (unpaired) electrons. The molecule has 19 heavy (non-hydrogen) atoms. The molecule has 1 aliphatic heterocycles. The van der Waals surface area contributed by atoms with Crippen LogP contribution in [0.2, 0.25) is 5.02 Å². The number of hydrogen-bond donors (Lipinski definition) is 0. The van der Waals surface area contributed by atoms with Crippen LogP contribution in [0.15, 0.2) is 52.7 Å². The number of rotatable bonds is 0. The molecule has 4 rings (SSSR count). The predicted octanol–water partition coefficient (Wildman–Crippen LogP) is 5.22. The Bertz CT molecular complexity index is 644. The molecule has 0 saturated carbocycles. The summed E-state index contributed by atoms with van der Waals surface area (Å²) < 4.78 is 6.93. The Balaban J connectivity index is 1.86. The van der Waals surface area contributed by atoms with Gasteiger partial charge in [0.1, 0.15) is 11.5 Å². The normalized spacial score (nSPS) is 30.2. The van der Waals surface area contributed by atoms with Gasteiger partial charge >= 0.3 is 0 Å². The average molecular weight is 336 g/mol. The maximum atomic E-state index is 6.16. The molecule has 3 aliphatic rings. The molecule has 96 valence electrons. The lowest BCUT2D eigenvalue weighted by molar-refractivity contribution is 0.333. The second-order valence-electron chi connectivity index (χ2n) is 5.24. The van der Waals surface area contributed by atoms with Gasteiger partial charge in [0.2, 0.25) is 0 Å². The van der Waals surface area contributed by atoms with Gasteiger partial charge < -0.3 is 4.74 Å². The van der Waals surface area contributed by atoms with E-state index in [1.54, 1.807) is 0 Å². The third-order valence-electron chi connectivity index (χ3n) is 4.20. The molecule has 1 aromatic rings. The monoisotopic (exact) mass is 334 g/mol. The minimum atomic E-state index is 0.337. The smallest absolute Gasteiger partial charge is 0.132 e. The van der Waals surface area contributed by atoms with Crippen molar-refractivity contribution in [1.29, 1.82) is 0 Å². The molecule has 0 aromatic heterocycles. The fourth-order valence-electron chi connectivity index (χ4n) is 3.30. The predicted molar refractivity (Wildman–Crippen MR) is 80.5 cm³/mol. The first-order valence-electron chi connectivity index (χ1n) is 6.46. The number of allylic oxidation sites excluding steroid dienone is 6. The lowest BCUT2D eigenvalue weighted by Crippen LogP contribution is -2.24. The molecule has 3 heteroatoms. The molecular formula is C16H12BrClO. The van der Waals surface area contributed by atoms with Crippen LogP contribution in [0.1, 0.15) is 17.9 Å². The van der Waals surface area contributed by atoms with Crippen LogP contribution in [0, 0.1) is 11.8 Å². The van der Waals surface area contributed by atoms with Crippen molar-refractivity contribution in [1.82, 2.24) is 0 Å². The summed E-state index contributed by atoms with van der Waals surface area (Å²) in [6.07, 6.45) is 12.2. The van der Waals surface area contributed by atoms with E-state index in [1.807, 2.05) is 6.07 Å². The van der Waals surface area contributed by atoms with Crippen LogP contribution < -0.4 is 4.74 Å². The van der Waals surface area contributed by atoms with E-state index < -0.39 is 0 Å². The number of hydrogen-bond acceptors (Lipinski definition) is 1. The van der Waals surface area contributed by atoms with E-state index in [0.717, 1.165) is 22.4 Å². The van der Waals surface area contributed by atoms with Gasteiger partial charge in [0.05, 0.1) is 10.9 Å². The highest BCUT2D eigenvalue weighted by molar-refractivity contribution is 9.10. The first kappa shape index (κ1) is 11.8. The van der Waals surface area contributed by atoms with Crippen LogP contribution in [0.5, 0.6) is 5.75 Å². The molecule has 1 aromatic carbocycles. The van der Waals surface area contributed by atoms with Crippen molar-refractivity contribution in [3.8, 4) is 5.75 Å². The highest BCUT2D eigenvalue weighted by Crippen LogP contribution is 2.53. The molecule has 3 atom stereocenters. The average Bonchev–Trinajstić information content (AvgIpc) is 2.77. The van der Waals surface area contributed by atoms with Gasteiger partial charge in [-0.25, -0.2) is 0 Å². The molecule has 1 nitrogen and oxygen atoms in total. The number of fused-ring (bicyclic) bond motifs is 5. The lowest BCUT2D eigenvalue weighted by atomic mass is 9.71. The molecule has 0 bridgehead atoms. The van der Waals surface area contributed by atoms with Crippen LogP contribution in [0.25, 0.3) is 0 Å². The number of benzene rings is 1. The maximum absolute atomic E-state index is 6.16. The molecule has 0 fully saturated rings. The highest BCUT2D eigenvalue weighted by Gasteiger charge is 2.41. The van der Waals surface area contributed by atoms with Crippen molar-refractivity contribution >= 4 is 27.5 Å². The van der Waals surface area contributed by atoms with Gasteiger partial charge in [-0.2, -0.15) is 0 Å². The lowest BCUT2D eigenvalue weighted by Gasteiger charge is -2.32. The number of halogens is 2. The first-order valence-corrected chi connectivity index (χ1v) is 7.63. The molecule has 0 spiro atoms. The van der Waals surface area contributed by atoms with Gasteiger partial charge in [-0.15, -0.1) is 0 Å². The summed E-state index contributed by atoms with van der Waals surface area (Å²) >= 11 is 9.67. The standard InChI is InChI=1S/C16H12BrClO/c17-12-7-11-15(8-13(12)18)19-14-6-5-9-3-1-2-4-10(9)16(11)14/h1-4,6-10,16H,5H2. The van der Waals surface area contributed by atoms with Crippen LogP contribution in [0.4, 0.5) is 0 Å². The third kappa shape index (κ3) is 1.73. The first-order chi connectivity index (χ1) is 9.24. The Morgan fingerprint density at radius 3 is 2.95 bits per heavy atom. The van der Waals surface area contributed by atoms with Crippen LogP contribution in [0.3, 0.4) is 0 Å². The topological polar surface area (TPSA) is 9.23 Å². The van der Waals surface area contributed by atoms with Gasteiger partial charge in [-0.3, -0.25) is 0 Å². The van der Waals surface area contributed by atoms with Gasteiger partial charge in [-0.05, 0) is 46.3 Å². The Morgan fingerprint density at radius 1 is 1.21 bits per heavy atom. The summed E-state index contributed by atoms with van der Waals surface area (Å²) in [6.45, 7) is 0.